The Bertz CT molecular complexity index is 478. The van der Waals surface area contributed by atoms with E-state index in [0.29, 0.717) is 19.0 Å². The molecule has 0 saturated heterocycles. The molecular weight excluding hydrogens is 238 g/mol. The fraction of sp³-hybridized carbons (Fsp3) is 0.667. The van der Waals surface area contributed by atoms with Gasteiger partial charge in [-0.25, -0.2) is 8.42 Å². The number of hydrogen-bond donors (Lipinski definition) is 1. The van der Waals surface area contributed by atoms with E-state index in [2.05, 4.69) is 12.2 Å². The van der Waals surface area contributed by atoms with Crippen LogP contribution in [0.5, 0.6) is 0 Å². The van der Waals surface area contributed by atoms with E-state index in [1.165, 1.54) is 12.7 Å². The molecule has 1 aliphatic rings. The first kappa shape index (κ1) is 12.6. The van der Waals surface area contributed by atoms with Gasteiger partial charge in [0.2, 0.25) is 0 Å². The van der Waals surface area contributed by atoms with E-state index in [-0.39, 0.29) is 5.75 Å². The molecule has 0 bridgehead atoms. The minimum Gasteiger partial charge on any atom is -0.464 e. The Hall–Kier alpha value is -0.810. The summed E-state index contributed by atoms with van der Waals surface area (Å²) in [6.45, 7) is 3.28. The van der Waals surface area contributed by atoms with Gasteiger partial charge in [0.25, 0.3) is 0 Å². The molecule has 4 nitrogen and oxygen atoms in total. The molecule has 1 saturated carbocycles. The Balaban J connectivity index is 1.74. The van der Waals surface area contributed by atoms with E-state index < -0.39 is 9.84 Å². The van der Waals surface area contributed by atoms with Crippen LogP contribution < -0.4 is 5.32 Å². The Morgan fingerprint density at radius 3 is 2.76 bits per heavy atom. The van der Waals surface area contributed by atoms with Crippen LogP contribution in [-0.4, -0.2) is 27.0 Å². The number of hydrogen-bond acceptors (Lipinski definition) is 4. The topological polar surface area (TPSA) is 59.3 Å². The van der Waals surface area contributed by atoms with Crippen LogP contribution in [0.1, 0.15) is 30.8 Å². The van der Waals surface area contributed by atoms with Crippen molar-refractivity contribution in [2.75, 3.05) is 18.6 Å². The molecule has 1 aromatic heterocycles. The Morgan fingerprint density at radius 2 is 2.18 bits per heavy atom. The first-order valence-corrected chi connectivity index (χ1v) is 7.99. The van der Waals surface area contributed by atoms with Gasteiger partial charge in [0, 0.05) is 18.7 Å². The maximum Gasteiger partial charge on any atom is 0.148 e. The van der Waals surface area contributed by atoms with Crippen LogP contribution in [0.15, 0.2) is 16.5 Å². The van der Waals surface area contributed by atoms with E-state index in [4.69, 9.17) is 4.42 Å². The Labute approximate surface area is 102 Å². The van der Waals surface area contributed by atoms with Crippen LogP contribution in [0, 0.1) is 5.92 Å². The minimum absolute atomic E-state index is 0.167. The van der Waals surface area contributed by atoms with Crippen molar-refractivity contribution in [2.24, 2.45) is 5.92 Å². The minimum atomic E-state index is -2.88. The van der Waals surface area contributed by atoms with Gasteiger partial charge in [0.1, 0.15) is 21.4 Å². The van der Waals surface area contributed by atoms with Crippen LogP contribution in [0.3, 0.4) is 0 Å². The van der Waals surface area contributed by atoms with Gasteiger partial charge in [0.15, 0.2) is 0 Å². The van der Waals surface area contributed by atoms with Gasteiger partial charge in [-0.2, -0.15) is 0 Å². The fourth-order valence-corrected chi connectivity index (χ4v) is 2.39. The van der Waals surface area contributed by atoms with Gasteiger partial charge in [0.05, 0.1) is 12.3 Å². The quantitative estimate of drug-likeness (QED) is 0.785. The van der Waals surface area contributed by atoms with Gasteiger partial charge >= 0.3 is 0 Å². The molecular formula is C12H19NO3S. The van der Waals surface area contributed by atoms with Crippen molar-refractivity contribution in [3.05, 3.63) is 23.7 Å². The molecule has 0 spiro atoms. The summed E-state index contributed by atoms with van der Waals surface area (Å²) >= 11 is 0. The third-order valence-electron chi connectivity index (χ3n) is 3.11. The lowest BCUT2D eigenvalue weighted by molar-refractivity contribution is 0.447. The summed E-state index contributed by atoms with van der Waals surface area (Å²) in [6, 6.07) is 4.00. The average Bonchev–Trinajstić information content (AvgIpc) is 2.77. The van der Waals surface area contributed by atoms with Crippen LogP contribution in [0.2, 0.25) is 0 Å². The zero-order chi connectivity index (χ0) is 12.5. The zero-order valence-electron chi connectivity index (χ0n) is 10.3. The van der Waals surface area contributed by atoms with Crippen molar-refractivity contribution in [3.63, 3.8) is 0 Å². The van der Waals surface area contributed by atoms with E-state index in [0.717, 1.165) is 17.4 Å². The second-order valence-electron chi connectivity index (χ2n) is 4.93. The Morgan fingerprint density at radius 1 is 1.47 bits per heavy atom. The van der Waals surface area contributed by atoms with Crippen LogP contribution in [-0.2, 0) is 16.4 Å². The van der Waals surface area contributed by atoms with Gasteiger partial charge in [-0.15, -0.1) is 0 Å². The van der Waals surface area contributed by atoms with Crippen molar-refractivity contribution >= 4 is 9.84 Å². The first-order chi connectivity index (χ1) is 7.96. The van der Waals surface area contributed by atoms with Crippen LogP contribution in [0.25, 0.3) is 0 Å². The fourth-order valence-electron chi connectivity index (χ4n) is 1.88. The standard InChI is InChI=1S/C12H19NO3S/c1-9-7-11(9)12-4-3-10(16-12)8-13-5-6-17(2,14)15/h3-4,9,11,13H,5-8H2,1-2H3. The lowest BCUT2D eigenvalue weighted by atomic mass is 10.3. The summed E-state index contributed by atoms with van der Waals surface area (Å²) in [4.78, 5) is 0. The molecule has 17 heavy (non-hydrogen) atoms. The molecule has 1 fully saturated rings. The maximum absolute atomic E-state index is 10.9. The van der Waals surface area contributed by atoms with Crippen LogP contribution >= 0.6 is 0 Å². The molecule has 2 unspecified atom stereocenters. The summed E-state index contributed by atoms with van der Waals surface area (Å²) in [5.41, 5.74) is 0. The predicted octanol–water partition coefficient (Wildman–Crippen LogP) is 1.54. The van der Waals surface area contributed by atoms with Crippen molar-refractivity contribution in [1.82, 2.24) is 5.32 Å². The van der Waals surface area contributed by atoms with Gasteiger partial charge in [-0.3, -0.25) is 0 Å². The molecule has 1 N–H and O–H groups in total. The number of rotatable bonds is 6. The van der Waals surface area contributed by atoms with Crippen LogP contribution in [0.4, 0.5) is 0 Å². The predicted molar refractivity (Wildman–Crippen MR) is 66.6 cm³/mol. The van der Waals surface area contributed by atoms with E-state index in [1.54, 1.807) is 0 Å². The largest absolute Gasteiger partial charge is 0.464 e. The van der Waals surface area contributed by atoms with Crippen molar-refractivity contribution < 1.29 is 12.8 Å². The average molecular weight is 257 g/mol. The first-order valence-electron chi connectivity index (χ1n) is 5.93. The molecule has 0 amide bonds. The van der Waals surface area contributed by atoms with E-state index in [9.17, 15) is 8.42 Å². The SMILES string of the molecule is CC1CC1c1ccc(CNCCS(C)(=O)=O)o1. The molecule has 1 heterocycles. The van der Waals surface area contributed by atoms with Crippen molar-refractivity contribution in [3.8, 4) is 0 Å². The summed E-state index contributed by atoms with van der Waals surface area (Å²) in [5.74, 6) is 3.46. The molecule has 2 rings (SSSR count). The lowest BCUT2D eigenvalue weighted by Crippen LogP contribution is -2.21. The highest BCUT2D eigenvalue weighted by Crippen LogP contribution is 2.47. The van der Waals surface area contributed by atoms with Gasteiger partial charge < -0.3 is 9.73 Å². The maximum atomic E-state index is 10.9. The van der Waals surface area contributed by atoms with Gasteiger partial charge in [-0.1, -0.05) is 6.92 Å². The number of nitrogens with one attached hydrogen (secondary N) is 1. The summed E-state index contributed by atoms with van der Waals surface area (Å²) < 4.78 is 27.5. The molecule has 1 aliphatic carbocycles. The van der Waals surface area contributed by atoms with E-state index in [1.807, 2.05) is 12.1 Å². The second kappa shape index (κ2) is 4.82. The summed E-state index contributed by atoms with van der Waals surface area (Å²) in [7, 11) is -2.88. The Kier molecular flexibility index (Phi) is 3.58. The third kappa shape index (κ3) is 3.85. The second-order valence-corrected chi connectivity index (χ2v) is 7.19. The zero-order valence-corrected chi connectivity index (χ0v) is 11.1. The molecule has 96 valence electrons. The lowest BCUT2D eigenvalue weighted by Gasteiger charge is -2.01. The van der Waals surface area contributed by atoms with Crippen molar-refractivity contribution in [2.45, 2.75) is 25.8 Å². The third-order valence-corrected chi connectivity index (χ3v) is 4.05. The summed E-state index contributed by atoms with van der Waals surface area (Å²) in [5, 5.41) is 3.07. The normalized spacial score (nSPS) is 23.9. The monoisotopic (exact) mass is 257 g/mol. The highest BCUT2D eigenvalue weighted by Gasteiger charge is 2.36. The molecule has 5 heteroatoms. The van der Waals surface area contributed by atoms with Crippen molar-refractivity contribution in [1.29, 1.82) is 0 Å². The highest BCUT2D eigenvalue weighted by molar-refractivity contribution is 7.90. The molecule has 1 aromatic rings. The number of furan rings is 1. The highest BCUT2D eigenvalue weighted by atomic mass is 32.2. The molecule has 0 radical (unpaired) electrons. The van der Waals surface area contributed by atoms with Gasteiger partial charge in [-0.05, 0) is 24.5 Å². The smallest absolute Gasteiger partial charge is 0.148 e. The number of sulfone groups is 1. The molecule has 0 aliphatic heterocycles. The molecule has 2 atom stereocenters. The summed E-state index contributed by atoms with van der Waals surface area (Å²) in [6.07, 6.45) is 2.46. The molecule has 0 aromatic carbocycles. The van der Waals surface area contributed by atoms with E-state index >= 15 is 0 Å².